The van der Waals surface area contributed by atoms with Gasteiger partial charge in [0.05, 0.1) is 33.3 Å². The number of benzene rings is 4. The Kier molecular flexibility index (Phi) is 8.50. The van der Waals surface area contributed by atoms with Gasteiger partial charge in [0, 0.05) is 55.6 Å². The van der Waals surface area contributed by atoms with Crippen molar-refractivity contribution in [2.45, 2.75) is 26.2 Å². The molecule has 11 nitrogen and oxygen atoms in total. The summed E-state index contributed by atoms with van der Waals surface area (Å²) in [4.78, 5) is 50.8. The van der Waals surface area contributed by atoms with Crippen LogP contribution in [0.1, 0.15) is 26.3 Å². The van der Waals surface area contributed by atoms with Crippen LogP contribution in [-0.4, -0.2) is 47.6 Å². The summed E-state index contributed by atoms with van der Waals surface area (Å²) in [6, 6.07) is 21.3. The Labute approximate surface area is 328 Å². The summed E-state index contributed by atoms with van der Waals surface area (Å²) in [6.45, 7) is 5.75. The normalized spacial score (nSPS) is 12.0. The molecule has 9 rings (SSSR count). The Morgan fingerprint density at radius 1 is 0.642 bits per heavy atom. The maximum Gasteiger partial charge on any atom is 2.00 e. The summed E-state index contributed by atoms with van der Waals surface area (Å²) in [7, 11) is 0. The van der Waals surface area contributed by atoms with E-state index in [1.807, 2.05) is 54.6 Å². The Hall–Kier alpha value is -5.00. The maximum absolute atomic E-state index is 11.4. The summed E-state index contributed by atoms with van der Waals surface area (Å²) < 4.78 is 5.51. The van der Waals surface area contributed by atoms with Gasteiger partial charge in [0.1, 0.15) is 5.02 Å². The summed E-state index contributed by atoms with van der Waals surface area (Å²) in [5, 5.41) is 11.3. The number of fused-ring (bicyclic) bond motifs is 20. The first-order valence-electron chi connectivity index (χ1n) is 16.1. The number of carboxylic acids is 1. The van der Waals surface area contributed by atoms with Gasteiger partial charge in [-0.25, -0.2) is 14.8 Å². The smallest absolute Gasteiger partial charge is 0.479 e. The zero-order valence-electron chi connectivity index (χ0n) is 28.2. The Morgan fingerprint density at radius 3 is 1.58 bits per heavy atom. The van der Waals surface area contributed by atoms with E-state index in [-0.39, 0.29) is 67.8 Å². The number of aromatic nitrogens is 8. The number of nitrogens with zero attached hydrogens (tertiary/aromatic N) is 8. The van der Waals surface area contributed by atoms with Crippen molar-refractivity contribution < 1.29 is 34.1 Å². The summed E-state index contributed by atoms with van der Waals surface area (Å²) in [6.07, 6.45) is 0. The molecule has 3 aromatic heterocycles. The first-order chi connectivity index (χ1) is 25.0. The van der Waals surface area contributed by atoms with Crippen molar-refractivity contribution in [2.24, 2.45) is 0 Å². The van der Waals surface area contributed by atoms with Gasteiger partial charge in [0.15, 0.2) is 12.4 Å². The van der Waals surface area contributed by atoms with E-state index in [9.17, 15) is 9.90 Å². The molecule has 2 aliphatic heterocycles. The van der Waals surface area contributed by atoms with Gasteiger partial charge in [-0.1, -0.05) is 116 Å². The van der Waals surface area contributed by atoms with E-state index in [1.165, 1.54) is 0 Å². The van der Waals surface area contributed by atoms with Crippen LogP contribution in [0.4, 0.5) is 0 Å². The molecule has 4 aromatic carbocycles. The molecule has 0 saturated carbocycles. The van der Waals surface area contributed by atoms with Crippen molar-refractivity contribution in [2.75, 3.05) is 6.61 Å². The van der Waals surface area contributed by atoms with Crippen LogP contribution in [0.15, 0.2) is 66.7 Å². The van der Waals surface area contributed by atoms with E-state index in [0.717, 1.165) is 27.5 Å². The Morgan fingerprint density at radius 2 is 1.09 bits per heavy atom. The van der Waals surface area contributed by atoms with Gasteiger partial charge in [-0.3, -0.25) is 0 Å². The van der Waals surface area contributed by atoms with E-state index in [2.05, 4.69) is 32.9 Å². The van der Waals surface area contributed by atoms with Crippen LogP contribution in [0.5, 0.6) is 5.75 Å². The average Bonchev–Trinajstić information content (AvgIpc) is 3.85. The molecule has 256 valence electrons. The topological polar surface area (TPSA) is 152 Å². The molecule has 7 aromatic rings. The number of hydrogen-bond donors (Lipinski definition) is 1. The van der Waals surface area contributed by atoms with Crippen molar-refractivity contribution in [3.8, 4) is 51.3 Å². The third-order valence-electron chi connectivity index (χ3n) is 8.95. The third-order valence-corrected chi connectivity index (χ3v) is 10.1. The van der Waals surface area contributed by atoms with Gasteiger partial charge >= 0.3 is 25.4 Å². The minimum absolute atomic E-state index is 0. The molecular formula is C38H23Cl3N8O3Zn. The molecule has 5 heterocycles. The van der Waals surface area contributed by atoms with Crippen molar-refractivity contribution in [3.05, 3.63) is 87.4 Å². The summed E-state index contributed by atoms with van der Waals surface area (Å²) in [5.41, 5.74) is 5.00. The molecule has 0 aliphatic carbocycles. The molecule has 0 atom stereocenters. The number of ether oxygens (including phenoxy) is 1. The predicted molar refractivity (Wildman–Crippen MR) is 201 cm³/mol. The number of carboxylic acid groups (broad SMARTS) is 1. The molecule has 0 unspecified atom stereocenters. The standard InChI is InChI=1S/C38H24Cl3N8O3.Zn/c1-38(2,3)16-12-13-21-22(14-16)35-45-31-18-9-5-7-11-20(18)33(43-31)48-37-25-24(26(39)28(41)29(27(25)40)52-15-23(50)51)36(49-37)47-32-19-10-6-4-8-17(19)30(42-32)44-34(21)46-35;/h4-14H,15H2,1-3H3,(H2-,42,43,44,45,46,47,48,49,50,51);/q-1;+2/p-1. The molecule has 0 saturated heterocycles. The van der Waals surface area contributed by atoms with E-state index < -0.39 is 12.6 Å². The first-order valence-corrected chi connectivity index (χ1v) is 17.2. The van der Waals surface area contributed by atoms with Crippen LogP contribution in [-0.2, 0) is 29.7 Å². The minimum Gasteiger partial charge on any atom is -0.479 e. The molecule has 2 aliphatic rings. The second-order valence-electron chi connectivity index (χ2n) is 13.3. The molecule has 53 heavy (non-hydrogen) atoms. The molecule has 0 spiro atoms. The van der Waals surface area contributed by atoms with Crippen LogP contribution >= 0.6 is 34.8 Å². The van der Waals surface area contributed by atoms with E-state index in [4.69, 9.17) is 79.4 Å². The van der Waals surface area contributed by atoms with Crippen LogP contribution in [0.2, 0.25) is 15.1 Å². The van der Waals surface area contributed by atoms with Crippen molar-refractivity contribution in [3.63, 3.8) is 0 Å². The van der Waals surface area contributed by atoms with Gasteiger partial charge < -0.3 is 39.7 Å². The summed E-state index contributed by atoms with van der Waals surface area (Å²) >= 11 is 20.5. The molecule has 0 fully saturated rings. The number of rotatable bonds is 3. The molecule has 8 bridgehead atoms. The maximum atomic E-state index is 11.4. The average molecular weight is 811 g/mol. The fraction of sp³-hybridized carbons (Fsp3) is 0.132. The molecule has 1 N–H and O–H groups in total. The van der Waals surface area contributed by atoms with Gasteiger partial charge in [-0.15, -0.1) is 0 Å². The van der Waals surface area contributed by atoms with Crippen molar-refractivity contribution in [1.82, 2.24) is 39.9 Å². The van der Waals surface area contributed by atoms with Gasteiger partial charge in [-0.2, -0.15) is 0 Å². The zero-order valence-corrected chi connectivity index (χ0v) is 33.5. The van der Waals surface area contributed by atoms with E-state index >= 15 is 0 Å². The SMILES string of the molecule is CC(C)(C)c1ccc2c3nc4nc(nc5[n-]c(nc6nc(nc([n-]3)c2c1)-c1ccccc1-6)c1c(Cl)c(OCC(=O)O)c(Cl)c(Cl)c51)-c1ccccc1-4.[Zn+2]. The predicted octanol–water partition coefficient (Wildman–Crippen LogP) is 8.85. The van der Waals surface area contributed by atoms with Crippen LogP contribution < -0.4 is 14.7 Å². The second kappa shape index (κ2) is 12.8. The number of halogens is 3. The van der Waals surface area contributed by atoms with Crippen molar-refractivity contribution in [1.29, 1.82) is 0 Å². The third kappa shape index (κ3) is 5.72. The summed E-state index contributed by atoms with van der Waals surface area (Å²) in [5.74, 6) is 0.0623. The zero-order chi connectivity index (χ0) is 36.1. The number of carbonyl (C=O) groups is 1. The molecule has 0 radical (unpaired) electrons. The van der Waals surface area contributed by atoms with Gasteiger partial charge in [0.2, 0.25) is 0 Å². The Balaban J connectivity index is 0.00000400. The minimum atomic E-state index is -1.23. The quantitative estimate of drug-likeness (QED) is 0.135. The first kappa shape index (κ1) is 35.1. The largest absolute Gasteiger partial charge is 2.00 e. The molecule has 0 amide bonds. The number of aliphatic carboxylic acids is 1. The van der Waals surface area contributed by atoms with Gasteiger partial charge in [0.25, 0.3) is 0 Å². The number of hydrogen-bond acceptors (Lipinski definition) is 8. The second-order valence-corrected chi connectivity index (χ2v) is 14.4. The molecular weight excluding hydrogens is 788 g/mol. The van der Waals surface area contributed by atoms with Crippen LogP contribution in [0, 0.1) is 0 Å². The van der Waals surface area contributed by atoms with Crippen molar-refractivity contribution >= 4 is 84.9 Å². The van der Waals surface area contributed by atoms with Crippen LogP contribution in [0.25, 0.3) is 89.7 Å². The van der Waals surface area contributed by atoms with E-state index in [1.54, 1.807) is 0 Å². The monoisotopic (exact) mass is 808 g/mol. The van der Waals surface area contributed by atoms with Crippen LogP contribution in [0.3, 0.4) is 0 Å². The van der Waals surface area contributed by atoms with E-state index in [0.29, 0.717) is 45.7 Å². The Bertz CT molecular complexity index is 2890. The fourth-order valence-corrected chi connectivity index (χ4v) is 7.29. The van der Waals surface area contributed by atoms with Gasteiger partial charge in [-0.05, 0) is 27.8 Å². The fourth-order valence-electron chi connectivity index (χ4n) is 6.41. The molecule has 15 heteroatoms.